The summed E-state index contributed by atoms with van der Waals surface area (Å²) in [5.41, 5.74) is 3.33. The monoisotopic (exact) mass is 188 g/mol. The minimum Gasteiger partial charge on any atom is -0.472 e. The van der Waals surface area contributed by atoms with Crippen LogP contribution in [0.4, 0.5) is 0 Å². The number of aromatic nitrogens is 1. The second-order valence-electron chi connectivity index (χ2n) is 3.12. The fourth-order valence-electron chi connectivity index (χ4n) is 1.37. The van der Waals surface area contributed by atoms with Crippen LogP contribution in [0.1, 0.15) is 5.56 Å². The molecular weight excluding hydrogens is 176 g/mol. The fourth-order valence-corrected chi connectivity index (χ4v) is 1.37. The quantitative estimate of drug-likeness (QED) is 0.801. The number of hydrogen-bond acceptors (Lipinski definition) is 3. The molecule has 0 radical (unpaired) electrons. The summed E-state index contributed by atoms with van der Waals surface area (Å²) in [7, 11) is 1.92. The third kappa shape index (κ3) is 1.83. The first-order valence-electron chi connectivity index (χ1n) is 4.51. The third-order valence-electron chi connectivity index (χ3n) is 2.03. The number of furan rings is 1. The lowest BCUT2D eigenvalue weighted by molar-refractivity contribution is 0.568. The van der Waals surface area contributed by atoms with Gasteiger partial charge in [0.1, 0.15) is 0 Å². The standard InChI is InChI=1S/C11H12N2O/c1-12-5-9-4-11(7-13-6-9)10-2-3-14-8-10/h2-4,6-8,12H,5H2,1H3. The number of nitrogens with one attached hydrogen (secondary N) is 1. The smallest absolute Gasteiger partial charge is 0.0981 e. The van der Waals surface area contributed by atoms with Gasteiger partial charge < -0.3 is 9.73 Å². The molecule has 14 heavy (non-hydrogen) atoms. The maximum atomic E-state index is 5.03. The van der Waals surface area contributed by atoms with E-state index in [9.17, 15) is 0 Å². The molecule has 2 aromatic rings. The lowest BCUT2D eigenvalue weighted by Gasteiger charge is -2.01. The zero-order valence-electron chi connectivity index (χ0n) is 8.03. The molecule has 0 atom stereocenters. The number of hydrogen-bond donors (Lipinski definition) is 1. The summed E-state index contributed by atoms with van der Waals surface area (Å²) in [6.07, 6.45) is 7.09. The molecule has 0 unspecified atom stereocenters. The van der Waals surface area contributed by atoms with Crippen molar-refractivity contribution in [3.05, 3.63) is 42.6 Å². The van der Waals surface area contributed by atoms with E-state index in [4.69, 9.17) is 4.42 Å². The van der Waals surface area contributed by atoms with Gasteiger partial charge in [-0.25, -0.2) is 0 Å². The Labute approximate surface area is 82.8 Å². The van der Waals surface area contributed by atoms with Gasteiger partial charge in [0.2, 0.25) is 0 Å². The van der Waals surface area contributed by atoms with Crippen LogP contribution in [0, 0.1) is 0 Å². The van der Waals surface area contributed by atoms with E-state index in [0.717, 1.165) is 17.7 Å². The first-order chi connectivity index (χ1) is 6.90. The molecule has 0 spiro atoms. The van der Waals surface area contributed by atoms with Crippen LogP contribution >= 0.6 is 0 Å². The first kappa shape index (κ1) is 8.97. The van der Waals surface area contributed by atoms with Crippen molar-refractivity contribution in [3.8, 4) is 11.1 Å². The predicted molar refractivity (Wildman–Crippen MR) is 54.7 cm³/mol. The summed E-state index contributed by atoms with van der Waals surface area (Å²) in [6, 6.07) is 4.04. The molecular formula is C11H12N2O. The SMILES string of the molecule is CNCc1cncc(-c2ccoc2)c1. The minimum atomic E-state index is 0.832. The van der Waals surface area contributed by atoms with Crippen molar-refractivity contribution < 1.29 is 4.42 Å². The zero-order chi connectivity index (χ0) is 9.80. The van der Waals surface area contributed by atoms with Crippen LogP contribution < -0.4 is 5.32 Å². The van der Waals surface area contributed by atoms with Gasteiger partial charge in [-0.15, -0.1) is 0 Å². The Balaban J connectivity index is 2.31. The maximum Gasteiger partial charge on any atom is 0.0981 e. The summed E-state index contributed by atoms with van der Waals surface area (Å²) >= 11 is 0. The Morgan fingerprint density at radius 1 is 1.36 bits per heavy atom. The van der Waals surface area contributed by atoms with Crippen LogP contribution in [-0.2, 0) is 6.54 Å². The second-order valence-corrected chi connectivity index (χ2v) is 3.12. The molecule has 1 N–H and O–H groups in total. The molecule has 3 heteroatoms. The highest BCUT2D eigenvalue weighted by atomic mass is 16.3. The molecule has 0 fully saturated rings. The average molecular weight is 188 g/mol. The highest BCUT2D eigenvalue weighted by Crippen LogP contribution is 2.19. The second kappa shape index (κ2) is 4.07. The van der Waals surface area contributed by atoms with Crippen LogP contribution in [0.15, 0.2) is 41.5 Å². The lowest BCUT2D eigenvalue weighted by Crippen LogP contribution is -2.05. The molecule has 0 aliphatic carbocycles. The average Bonchev–Trinajstić information content (AvgIpc) is 2.71. The third-order valence-corrected chi connectivity index (χ3v) is 2.03. The Kier molecular flexibility index (Phi) is 2.60. The maximum absolute atomic E-state index is 5.03. The van der Waals surface area contributed by atoms with Gasteiger partial charge in [-0.3, -0.25) is 4.98 Å². The summed E-state index contributed by atoms with van der Waals surface area (Å²) in [5.74, 6) is 0. The Morgan fingerprint density at radius 2 is 2.29 bits per heavy atom. The van der Waals surface area contributed by atoms with E-state index in [-0.39, 0.29) is 0 Å². The fraction of sp³-hybridized carbons (Fsp3) is 0.182. The van der Waals surface area contributed by atoms with Crippen molar-refractivity contribution in [3.63, 3.8) is 0 Å². The molecule has 2 heterocycles. The van der Waals surface area contributed by atoms with Gasteiger partial charge >= 0.3 is 0 Å². The minimum absolute atomic E-state index is 0.832. The molecule has 0 aromatic carbocycles. The summed E-state index contributed by atoms with van der Waals surface area (Å²) < 4.78 is 5.03. The zero-order valence-corrected chi connectivity index (χ0v) is 8.03. The molecule has 0 aliphatic rings. The molecule has 0 saturated heterocycles. The Bertz CT molecular complexity index is 395. The molecule has 0 bridgehead atoms. The van der Waals surface area contributed by atoms with Crippen molar-refractivity contribution in [1.82, 2.24) is 10.3 Å². The van der Waals surface area contributed by atoms with Gasteiger partial charge in [0, 0.05) is 30.1 Å². The topological polar surface area (TPSA) is 38.1 Å². The molecule has 0 saturated carbocycles. The summed E-state index contributed by atoms with van der Waals surface area (Å²) in [5, 5.41) is 3.09. The lowest BCUT2D eigenvalue weighted by atomic mass is 10.1. The Hall–Kier alpha value is -1.61. The van der Waals surface area contributed by atoms with Crippen molar-refractivity contribution in [2.45, 2.75) is 6.54 Å². The van der Waals surface area contributed by atoms with Crippen molar-refractivity contribution >= 4 is 0 Å². The molecule has 72 valence electrons. The predicted octanol–water partition coefficient (Wildman–Crippen LogP) is 2.06. The van der Waals surface area contributed by atoms with E-state index in [2.05, 4.69) is 16.4 Å². The van der Waals surface area contributed by atoms with E-state index in [1.54, 1.807) is 12.5 Å². The first-order valence-corrected chi connectivity index (χ1v) is 4.51. The van der Waals surface area contributed by atoms with E-state index in [1.807, 2.05) is 25.5 Å². The van der Waals surface area contributed by atoms with Crippen LogP contribution in [-0.4, -0.2) is 12.0 Å². The summed E-state index contributed by atoms with van der Waals surface area (Å²) in [4.78, 5) is 4.18. The molecule has 2 aromatic heterocycles. The van der Waals surface area contributed by atoms with Gasteiger partial charge in [-0.2, -0.15) is 0 Å². The van der Waals surface area contributed by atoms with Gasteiger partial charge in [-0.05, 0) is 24.7 Å². The highest BCUT2D eigenvalue weighted by molar-refractivity contribution is 5.61. The van der Waals surface area contributed by atoms with Crippen LogP contribution in [0.2, 0.25) is 0 Å². The van der Waals surface area contributed by atoms with E-state index < -0.39 is 0 Å². The van der Waals surface area contributed by atoms with Crippen molar-refractivity contribution in [2.75, 3.05) is 7.05 Å². The molecule has 0 amide bonds. The van der Waals surface area contributed by atoms with Crippen LogP contribution in [0.3, 0.4) is 0 Å². The van der Waals surface area contributed by atoms with Crippen LogP contribution in [0.25, 0.3) is 11.1 Å². The largest absolute Gasteiger partial charge is 0.472 e. The molecule has 0 aliphatic heterocycles. The van der Waals surface area contributed by atoms with Gasteiger partial charge in [-0.1, -0.05) is 0 Å². The number of nitrogens with zero attached hydrogens (tertiary/aromatic N) is 1. The van der Waals surface area contributed by atoms with Gasteiger partial charge in [0.15, 0.2) is 0 Å². The number of rotatable bonds is 3. The molecule has 3 nitrogen and oxygen atoms in total. The Morgan fingerprint density at radius 3 is 3.00 bits per heavy atom. The van der Waals surface area contributed by atoms with E-state index >= 15 is 0 Å². The van der Waals surface area contributed by atoms with Crippen molar-refractivity contribution in [1.29, 1.82) is 0 Å². The van der Waals surface area contributed by atoms with E-state index in [0.29, 0.717) is 0 Å². The summed E-state index contributed by atoms with van der Waals surface area (Å²) in [6.45, 7) is 0.832. The van der Waals surface area contributed by atoms with Crippen molar-refractivity contribution in [2.24, 2.45) is 0 Å². The van der Waals surface area contributed by atoms with Gasteiger partial charge in [0.25, 0.3) is 0 Å². The van der Waals surface area contributed by atoms with Crippen LogP contribution in [0.5, 0.6) is 0 Å². The van der Waals surface area contributed by atoms with E-state index in [1.165, 1.54) is 5.56 Å². The highest BCUT2D eigenvalue weighted by Gasteiger charge is 2.00. The number of pyridine rings is 1. The molecule has 2 rings (SSSR count). The van der Waals surface area contributed by atoms with Gasteiger partial charge in [0.05, 0.1) is 12.5 Å². The normalized spacial score (nSPS) is 10.4.